The van der Waals surface area contributed by atoms with E-state index in [0.29, 0.717) is 11.3 Å². The Bertz CT molecular complexity index is 423. The highest BCUT2D eigenvalue weighted by molar-refractivity contribution is 8.93. The fraction of sp³-hybridized carbons (Fsp3) is 0.647. The summed E-state index contributed by atoms with van der Waals surface area (Å²) in [6, 6.07) is 8.72. The average molecular weight is 342 g/mol. The van der Waals surface area contributed by atoms with Gasteiger partial charge in [0, 0.05) is 12.0 Å². The lowest BCUT2D eigenvalue weighted by Gasteiger charge is -2.46. The van der Waals surface area contributed by atoms with Crippen LogP contribution >= 0.6 is 17.0 Å². The van der Waals surface area contributed by atoms with Gasteiger partial charge in [0.05, 0.1) is 7.11 Å². The van der Waals surface area contributed by atoms with Gasteiger partial charge in [-0.05, 0) is 50.0 Å². The summed E-state index contributed by atoms with van der Waals surface area (Å²) in [5, 5.41) is 0. The molecule has 0 aromatic heterocycles. The van der Waals surface area contributed by atoms with Crippen LogP contribution in [0.4, 0.5) is 0 Å². The highest BCUT2D eigenvalue weighted by Crippen LogP contribution is 2.43. The number of rotatable bonds is 4. The van der Waals surface area contributed by atoms with Crippen LogP contribution in [-0.2, 0) is 5.41 Å². The van der Waals surface area contributed by atoms with E-state index in [0.717, 1.165) is 5.75 Å². The van der Waals surface area contributed by atoms with E-state index in [1.807, 2.05) is 6.07 Å². The van der Waals surface area contributed by atoms with Crippen molar-refractivity contribution in [3.05, 3.63) is 29.8 Å². The second-order valence-corrected chi connectivity index (χ2v) is 6.05. The zero-order valence-electron chi connectivity index (χ0n) is 13.2. The monoisotopic (exact) mass is 341 g/mol. The second kappa shape index (κ2) is 7.46. The normalized spacial score (nSPS) is 26.9. The van der Waals surface area contributed by atoms with E-state index in [1.54, 1.807) is 7.11 Å². The molecule has 1 aliphatic heterocycles. The third-order valence-electron chi connectivity index (χ3n) is 4.81. The summed E-state index contributed by atoms with van der Waals surface area (Å²) >= 11 is 0. The Labute approximate surface area is 134 Å². The van der Waals surface area contributed by atoms with E-state index in [2.05, 4.69) is 44.0 Å². The molecule has 1 saturated heterocycles. The summed E-state index contributed by atoms with van der Waals surface area (Å²) in [7, 11) is 3.99. The fourth-order valence-electron chi connectivity index (χ4n) is 3.69. The smallest absolute Gasteiger partial charge is 0.119 e. The third kappa shape index (κ3) is 3.37. The van der Waals surface area contributed by atoms with E-state index in [1.165, 1.54) is 37.9 Å². The van der Waals surface area contributed by atoms with Gasteiger partial charge in [0.2, 0.25) is 0 Å². The summed E-state index contributed by atoms with van der Waals surface area (Å²) in [4.78, 5) is 2.46. The summed E-state index contributed by atoms with van der Waals surface area (Å²) in [6.07, 6.45) is 3.77. The molecule has 0 N–H and O–H groups in total. The second-order valence-electron chi connectivity index (χ2n) is 6.05. The molecule has 3 heteroatoms. The maximum Gasteiger partial charge on any atom is 0.119 e. The van der Waals surface area contributed by atoms with Gasteiger partial charge in [-0.25, -0.2) is 0 Å². The predicted molar refractivity (Wildman–Crippen MR) is 91.2 cm³/mol. The summed E-state index contributed by atoms with van der Waals surface area (Å²) in [5.41, 5.74) is 1.80. The van der Waals surface area contributed by atoms with Crippen molar-refractivity contribution in [2.75, 3.05) is 27.2 Å². The van der Waals surface area contributed by atoms with E-state index in [4.69, 9.17) is 4.74 Å². The standard InChI is InChI=1S/C17H27NO.BrH/c1-5-9-17(10-11-18(3)13-14(17)2)15-7-6-8-16(12-15)19-4;/h6-8,12,14H,5,9-11,13H2,1-4H3;1H/t14-,17-;/m0./s1. The molecule has 0 amide bonds. The topological polar surface area (TPSA) is 12.5 Å². The molecule has 20 heavy (non-hydrogen) atoms. The van der Waals surface area contributed by atoms with Crippen molar-refractivity contribution in [2.45, 2.75) is 38.5 Å². The fourth-order valence-corrected chi connectivity index (χ4v) is 3.69. The zero-order valence-corrected chi connectivity index (χ0v) is 14.9. The molecular formula is C17H28BrNO. The Kier molecular flexibility index (Phi) is 6.53. The number of ether oxygens (including phenoxy) is 1. The Morgan fingerprint density at radius 2 is 2.15 bits per heavy atom. The van der Waals surface area contributed by atoms with Crippen LogP contribution in [0.3, 0.4) is 0 Å². The first-order chi connectivity index (χ1) is 9.12. The number of piperidine rings is 1. The summed E-state index contributed by atoms with van der Waals surface area (Å²) in [6.45, 7) is 7.09. The molecule has 1 aromatic rings. The van der Waals surface area contributed by atoms with Gasteiger partial charge in [-0.2, -0.15) is 0 Å². The van der Waals surface area contributed by atoms with E-state index in [9.17, 15) is 0 Å². The molecule has 114 valence electrons. The molecule has 1 aliphatic rings. The molecule has 0 saturated carbocycles. The molecule has 2 nitrogen and oxygen atoms in total. The maximum atomic E-state index is 5.41. The van der Waals surface area contributed by atoms with E-state index in [-0.39, 0.29) is 17.0 Å². The van der Waals surface area contributed by atoms with Gasteiger partial charge in [-0.3, -0.25) is 0 Å². The van der Waals surface area contributed by atoms with Gasteiger partial charge in [0.15, 0.2) is 0 Å². The molecule has 2 atom stereocenters. The minimum atomic E-state index is 0. The first-order valence-electron chi connectivity index (χ1n) is 7.45. The van der Waals surface area contributed by atoms with Gasteiger partial charge >= 0.3 is 0 Å². The quantitative estimate of drug-likeness (QED) is 0.810. The number of hydrogen-bond donors (Lipinski definition) is 0. The third-order valence-corrected chi connectivity index (χ3v) is 4.81. The number of methoxy groups -OCH3 is 1. The van der Waals surface area contributed by atoms with Crippen molar-refractivity contribution >= 4 is 17.0 Å². The molecule has 0 unspecified atom stereocenters. The molecule has 2 rings (SSSR count). The molecular weight excluding hydrogens is 314 g/mol. The number of hydrogen-bond acceptors (Lipinski definition) is 2. The van der Waals surface area contributed by atoms with Crippen LogP contribution < -0.4 is 4.74 Å². The van der Waals surface area contributed by atoms with Crippen LogP contribution in [0, 0.1) is 5.92 Å². The molecule has 0 radical (unpaired) electrons. The van der Waals surface area contributed by atoms with Crippen molar-refractivity contribution in [1.82, 2.24) is 4.90 Å². The molecule has 0 bridgehead atoms. The lowest BCUT2D eigenvalue weighted by Crippen LogP contribution is -2.47. The molecule has 1 heterocycles. The lowest BCUT2D eigenvalue weighted by atomic mass is 9.64. The Morgan fingerprint density at radius 1 is 1.40 bits per heavy atom. The van der Waals surface area contributed by atoms with Crippen molar-refractivity contribution < 1.29 is 4.74 Å². The van der Waals surface area contributed by atoms with Crippen molar-refractivity contribution in [3.8, 4) is 5.75 Å². The maximum absolute atomic E-state index is 5.41. The highest BCUT2D eigenvalue weighted by Gasteiger charge is 2.40. The van der Waals surface area contributed by atoms with E-state index >= 15 is 0 Å². The lowest BCUT2D eigenvalue weighted by molar-refractivity contribution is 0.112. The molecule has 0 aliphatic carbocycles. The van der Waals surface area contributed by atoms with Gasteiger partial charge < -0.3 is 9.64 Å². The first kappa shape index (κ1) is 17.5. The van der Waals surface area contributed by atoms with E-state index < -0.39 is 0 Å². The number of halogens is 1. The summed E-state index contributed by atoms with van der Waals surface area (Å²) in [5.74, 6) is 1.68. The van der Waals surface area contributed by atoms with Crippen LogP contribution in [0.1, 0.15) is 38.7 Å². The Morgan fingerprint density at radius 3 is 2.75 bits per heavy atom. The number of likely N-dealkylation sites (tertiary alicyclic amines) is 1. The van der Waals surface area contributed by atoms with Crippen LogP contribution in [0.25, 0.3) is 0 Å². The van der Waals surface area contributed by atoms with Crippen LogP contribution in [-0.4, -0.2) is 32.1 Å². The molecule has 1 fully saturated rings. The van der Waals surface area contributed by atoms with Crippen molar-refractivity contribution in [2.24, 2.45) is 5.92 Å². The minimum absolute atomic E-state index is 0. The van der Waals surface area contributed by atoms with Crippen molar-refractivity contribution in [3.63, 3.8) is 0 Å². The zero-order chi connectivity index (χ0) is 13.9. The number of benzene rings is 1. The van der Waals surface area contributed by atoms with Crippen LogP contribution in [0.15, 0.2) is 24.3 Å². The Hall–Kier alpha value is -0.540. The van der Waals surface area contributed by atoms with Gasteiger partial charge in [0.1, 0.15) is 5.75 Å². The molecule has 1 aromatic carbocycles. The SMILES string of the molecule is Br.CCC[C@]1(c2cccc(OC)c2)CCN(C)C[C@@H]1C. The Balaban J connectivity index is 0.00000200. The van der Waals surface area contributed by atoms with Gasteiger partial charge in [-0.1, -0.05) is 32.4 Å². The first-order valence-corrected chi connectivity index (χ1v) is 7.45. The van der Waals surface area contributed by atoms with Crippen LogP contribution in [0.2, 0.25) is 0 Å². The predicted octanol–water partition coefficient (Wildman–Crippen LogP) is 4.28. The largest absolute Gasteiger partial charge is 0.497 e. The molecule has 0 spiro atoms. The minimum Gasteiger partial charge on any atom is -0.497 e. The number of nitrogens with zero attached hydrogens (tertiary/aromatic N) is 1. The average Bonchev–Trinajstić information content (AvgIpc) is 2.42. The van der Waals surface area contributed by atoms with Gasteiger partial charge in [-0.15, -0.1) is 17.0 Å². The van der Waals surface area contributed by atoms with Crippen molar-refractivity contribution in [1.29, 1.82) is 0 Å². The summed E-state index contributed by atoms with van der Waals surface area (Å²) < 4.78 is 5.41. The highest BCUT2D eigenvalue weighted by atomic mass is 79.9. The van der Waals surface area contributed by atoms with Crippen LogP contribution in [0.5, 0.6) is 5.75 Å². The van der Waals surface area contributed by atoms with Gasteiger partial charge in [0.25, 0.3) is 0 Å².